The van der Waals surface area contributed by atoms with Gasteiger partial charge >= 0.3 is 5.97 Å². The summed E-state index contributed by atoms with van der Waals surface area (Å²) in [4.78, 5) is 17.2. The Labute approximate surface area is 143 Å². The summed E-state index contributed by atoms with van der Waals surface area (Å²) in [6.07, 6.45) is 0. The molecule has 0 bridgehead atoms. The Balaban J connectivity index is 2.42. The molecule has 0 aliphatic carbocycles. The zero-order valence-corrected chi connectivity index (χ0v) is 14.8. The summed E-state index contributed by atoms with van der Waals surface area (Å²) in [7, 11) is 1.40. The van der Waals surface area contributed by atoms with Crippen molar-refractivity contribution in [2.45, 2.75) is 13.8 Å². The van der Waals surface area contributed by atoms with Gasteiger partial charge in [-0.1, -0.05) is 46.3 Å². The standard InChI is InChI=1S/C19H16BrNO2/c1-11-9-16-14(10-15(11)20)17(19(22)23-3)12(2)18(21-16)13-7-5-4-6-8-13/h4-10H,1-3H3. The second-order valence-electron chi connectivity index (χ2n) is 5.44. The number of carbonyl (C=O) groups is 1. The number of methoxy groups -OCH3 is 1. The molecule has 0 N–H and O–H groups in total. The maximum absolute atomic E-state index is 12.4. The molecule has 0 amide bonds. The normalized spacial score (nSPS) is 10.8. The smallest absolute Gasteiger partial charge is 0.338 e. The number of aryl methyl sites for hydroxylation is 1. The van der Waals surface area contributed by atoms with Crippen molar-refractivity contribution < 1.29 is 9.53 Å². The van der Waals surface area contributed by atoms with Crippen LogP contribution in [0, 0.1) is 13.8 Å². The molecule has 2 aromatic carbocycles. The van der Waals surface area contributed by atoms with Crippen LogP contribution in [0.4, 0.5) is 0 Å². The van der Waals surface area contributed by atoms with Gasteiger partial charge in [-0.2, -0.15) is 0 Å². The first-order valence-corrected chi connectivity index (χ1v) is 8.06. The molecule has 4 heteroatoms. The summed E-state index contributed by atoms with van der Waals surface area (Å²) in [6.45, 7) is 3.92. The van der Waals surface area contributed by atoms with E-state index >= 15 is 0 Å². The van der Waals surface area contributed by atoms with Crippen LogP contribution < -0.4 is 0 Å². The number of carbonyl (C=O) groups excluding carboxylic acids is 1. The Bertz CT molecular complexity index is 904. The molecule has 0 saturated heterocycles. The number of fused-ring (bicyclic) bond motifs is 1. The molecule has 3 aromatic rings. The Morgan fingerprint density at radius 1 is 1.13 bits per heavy atom. The van der Waals surface area contributed by atoms with Gasteiger partial charge < -0.3 is 4.74 Å². The first kappa shape index (κ1) is 15.7. The van der Waals surface area contributed by atoms with Gasteiger partial charge in [0.15, 0.2) is 0 Å². The minimum absolute atomic E-state index is 0.345. The third-order valence-electron chi connectivity index (χ3n) is 3.95. The monoisotopic (exact) mass is 369 g/mol. The average Bonchev–Trinajstić information content (AvgIpc) is 2.56. The quantitative estimate of drug-likeness (QED) is 0.592. The summed E-state index contributed by atoms with van der Waals surface area (Å²) in [5.74, 6) is -0.345. The Morgan fingerprint density at radius 2 is 1.83 bits per heavy atom. The molecule has 0 radical (unpaired) electrons. The summed E-state index contributed by atoms with van der Waals surface area (Å²) in [6, 6.07) is 13.8. The predicted octanol–water partition coefficient (Wildman–Crippen LogP) is 5.07. The number of hydrogen-bond acceptors (Lipinski definition) is 3. The topological polar surface area (TPSA) is 39.2 Å². The molecule has 0 saturated carbocycles. The first-order chi connectivity index (χ1) is 11.0. The second kappa shape index (κ2) is 6.13. The highest BCUT2D eigenvalue weighted by Crippen LogP contribution is 2.32. The summed E-state index contributed by atoms with van der Waals surface area (Å²) in [5.41, 5.74) is 5.04. The number of halogens is 1. The van der Waals surface area contributed by atoms with Gasteiger partial charge in [0.2, 0.25) is 0 Å². The van der Waals surface area contributed by atoms with Crippen LogP contribution in [0.15, 0.2) is 46.9 Å². The lowest BCUT2D eigenvalue weighted by Crippen LogP contribution is -2.08. The number of esters is 1. The van der Waals surface area contributed by atoms with E-state index in [9.17, 15) is 4.79 Å². The average molecular weight is 370 g/mol. The molecule has 23 heavy (non-hydrogen) atoms. The van der Waals surface area contributed by atoms with E-state index in [2.05, 4.69) is 15.9 Å². The van der Waals surface area contributed by atoms with E-state index < -0.39 is 0 Å². The summed E-state index contributed by atoms with van der Waals surface area (Å²) in [5, 5.41) is 0.798. The molecule has 0 unspecified atom stereocenters. The van der Waals surface area contributed by atoms with Crippen LogP contribution in [-0.2, 0) is 4.74 Å². The fourth-order valence-electron chi connectivity index (χ4n) is 2.73. The fraction of sp³-hybridized carbons (Fsp3) is 0.158. The van der Waals surface area contributed by atoms with Crippen LogP contribution in [0.3, 0.4) is 0 Å². The Hall–Kier alpha value is -2.20. The van der Waals surface area contributed by atoms with Gasteiger partial charge in [0.05, 0.1) is 23.9 Å². The molecule has 0 atom stereocenters. The second-order valence-corrected chi connectivity index (χ2v) is 6.29. The molecule has 0 fully saturated rings. The molecule has 116 valence electrons. The molecular formula is C19H16BrNO2. The van der Waals surface area contributed by atoms with Crippen molar-refractivity contribution in [3.8, 4) is 11.3 Å². The van der Waals surface area contributed by atoms with E-state index in [4.69, 9.17) is 9.72 Å². The molecule has 0 aliphatic heterocycles. The van der Waals surface area contributed by atoms with Gasteiger partial charge in [-0.3, -0.25) is 0 Å². The van der Waals surface area contributed by atoms with Gasteiger partial charge in [-0.05, 0) is 37.1 Å². The van der Waals surface area contributed by atoms with Crippen molar-refractivity contribution in [1.29, 1.82) is 0 Å². The van der Waals surface area contributed by atoms with Crippen molar-refractivity contribution >= 4 is 32.8 Å². The zero-order chi connectivity index (χ0) is 16.6. The van der Waals surface area contributed by atoms with E-state index in [0.29, 0.717) is 5.56 Å². The molecule has 0 aliphatic rings. The van der Waals surface area contributed by atoms with Crippen LogP contribution in [0.2, 0.25) is 0 Å². The fourth-order valence-corrected chi connectivity index (χ4v) is 3.07. The van der Waals surface area contributed by atoms with Crippen LogP contribution in [0.25, 0.3) is 22.2 Å². The van der Waals surface area contributed by atoms with E-state index in [1.54, 1.807) is 0 Å². The van der Waals surface area contributed by atoms with Gasteiger partial charge in [0.1, 0.15) is 0 Å². The van der Waals surface area contributed by atoms with Gasteiger partial charge in [0.25, 0.3) is 0 Å². The SMILES string of the molecule is COC(=O)c1c(C)c(-c2ccccc2)nc2cc(C)c(Br)cc12. The molecule has 3 rings (SSSR count). The number of benzene rings is 2. The first-order valence-electron chi connectivity index (χ1n) is 7.27. The molecular weight excluding hydrogens is 354 g/mol. The minimum Gasteiger partial charge on any atom is -0.465 e. The highest BCUT2D eigenvalue weighted by molar-refractivity contribution is 9.10. The number of ether oxygens (including phenoxy) is 1. The lowest BCUT2D eigenvalue weighted by molar-refractivity contribution is 0.0602. The van der Waals surface area contributed by atoms with Crippen molar-refractivity contribution in [2.75, 3.05) is 7.11 Å². The lowest BCUT2D eigenvalue weighted by Gasteiger charge is -2.14. The van der Waals surface area contributed by atoms with Crippen molar-refractivity contribution in [1.82, 2.24) is 4.98 Å². The van der Waals surface area contributed by atoms with Crippen molar-refractivity contribution in [3.05, 3.63) is 63.6 Å². The predicted molar refractivity (Wildman–Crippen MR) is 95.7 cm³/mol. The van der Waals surface area contributed by atoms with Gasteiger partial charge in [-0.15, -0.1) is 0 Å². The van der Waals surface area contributed by atoms with Crippen LogP contribution in [-0.4, -0.2) is 18.1 Å². The molecule has 1 aromatic heterocycles. The van der Waals surface area contributed by atoms with Crippen LogP contribution in [0.5, 0.6) is 0 Å². The number of rotatable bonds is 2. The number of pyridine rings is 1. The Morgan fingerprint density at radius 3 is 2.48 bits per heavy atom. The molecule has 0 spiro atoms. The van der Waals surface area contributed by atoms with Crippen LogP contribution in [0.1, 0.15) is 21.5 Å². The highest BCUT2D eigenvalue weighted by Gasteiger charge is 2.20. The zero-order valence-electron chi connectivity index (χ0n) is 13.2. The number of hydrogen-bond donors (Lipinski definition) is 0. The largest absolute Gasteiger partial charge is 0.465 e. The van der Waals surface area contributed by atoms with Crippen LogP contribution >= 0.6 is 15.9 Å². The van der Waals surface area contributed by atoms with Gasteiger partial charge in [-0.25, -0.2) is 9.78 Å². The maximum Gasteiger partial charge on any atom is 0.338 e. The van der Waals surface area contributed by atoms with Crippen molar-refractivity contribution in [3.63, 3.8) is 0 Å². The minimum atomic E-state index is -0.345. The van der Waals surface area contributed by atoms with E-state index in [-0.39, 0.29) is 5.97 Å². The lowest BCUT2D eigenvalue weighted by atomic mass is 9.97. The van der Waals surface area contributed by atoms with E-state index in [0.717, 1.165) is 37.8 Å². The summed E-state index contributed by atoms with van der Waals surface area (Å²) < 4.78 is 5.95. The molecule has 3 nitrogen and oxygen atoms in total. The van der Waals surface area contributed by atoms with E-state index in [1.807, 2.05) is 56.3 Å². The molecule has 1 heterocycles. The Kier molecular flexibility index (Phi) is 4.18. The number of aromatic nitrogens is 1. The maximum atomic E-state index is 12.4. The van der Waals surface area contributed by atoms with Crippen molar-refractivity contribution in [2.24, 2.45) is 0 Å². The third-order valence-corrected chi connectivity index (χ3v) is 4.80. The van der Waals surface area contributed by atoms with E-state index in [1.165, 1.54) is 7.11 Å². The summed E-state index contributed by atoms with van der Waals surface area (Å²) >= 11 is 3.53. The highest BCUT2D eigenvalue weighted by atomic mass is 79.9. The number of nitrogens with zero attached hydrogens (tertiary/aromatic N) is 1. The van der Waals surface area contributed by atoms with Gasteiger partial charge in [0, 0.05) is 15.4 Å². The third kappa shape index (κ3) is 2.75.